The first-order valence-electron chi connectivity index (χ1n) is 6.12. The highest BCUT2D eigenvalue weighted by atomic mass is 19.4. The minimum absolute atomic E-state index is 0.121. The largest absolute Gasteiger partial charge is 0.469 e. The predicted octanol–water partition coefficient (Wildman–Crippen LogP) is 2.78. The van der Waals surface area contributed by atoms with E-state index in [4.69, 9.17) is 0 Å². The lowest BCUT2D eigenvalue weighted by atomic mass is 10.1. The van der Waals surface area contributed by atoms with Crippen LogP contribution in [-0.4, -0.2) is 25.7 Å². The fourth-order valence-electron chi connectivity index (χ4n) is 1.54. The summed E-state index contributed by atoms with van der Waals surface area (Å²) in [5.41, 5.74) is -1.25. The van der Waals surface area contributed by atoms with Crippen molar-refractivity contribution >= 4 is 17.7 Å². The first kappa shape index (κ1) is 16.8. The molecule has 0 radical (unpaired) electrons. The lowest BCUT2D eigenvalue weighted by Gasteiger charge is -2.13. The molecule has 2 N–H and O–H groups in total. The molecule has 2 amide bonds. The number of urea groups is 1. The molecule has 0 saturated carbocycles. The number of methoxy groups -OCH3 is 1. The number of alkyl halides is 3. The van der Waals surface area contributed by atoms with Crippen LogP contribution in [0.3, 0.4) is 0 Å². The number of nitrogens with one attached hydrogen (secondary N) is 2. The van der Waals surface area contributed by atoms with Crippen LogP contribution in [0.1, 0.15) is 18.4 Å². The number of hydrogen-bond donors (Lipinski definition) is 2. The summed E-state index contributed by atoms with van der Waals surface area (Å²) in [5.74, 6) is -0.417. The van der Waals surface area contributed by atoms with Gasteiger partial charge in [0.2, 0.25) is 0 Å². The number of anilines is 1. The topological polar surface area (TPSA) is 67.4 Å². The molecule has 1 rings (SSSR count). The quantitative estimate of drug-likeness (QED) is 0.649. The van der Waals surface area contributed by atoms with Gasteiger partial charge in [0.1, 0.15) is 0 Å². The Labute approximate surface area is 119 Å². The third-order valence-electron chi connectivity index (χ3n) is 2.55. The molecule has 5 nitrogen and oxygen atoms in total. The van der Waals surface area contributed by atoms with Gasteiger partial charge >= 0.3 is 18.2 Å². The van der Waals surface area contributed by atoms with Crippen LogP contribution in [0, 0.1) is 0 Å². The molecular formula is C13H15F3N2O3. The van der Waals surface area contributed by atoms with Crippen molar-refractivity contribution in [2.45, 2.75) is 19.0 Å². The van der Waals surface area contributed by atoms with Crippen molar-refractivity contribution in [2.24, 2.45) is 0 Å². The fourth-order valence-corrected chi connectivity index (χ4v) is 1.54. The highest BCUT2D eigenvalue weighted by Crippen LogP contribution is 2.34. The predicted molar refractivity (Wildman–Crippen MR) is 69.7 cm³/mol. The van der Waals surface area contributed by atoms with E-state index >= 15 is 0 Å². The van der Waals surface area contributed by atoms with Gasteiger partial charge in [-0.25, -0.2) is 4.79 Å². The first-order valence-corrected chi connectivity index (χ1v) is 6.12. The number of carbonyl (C=O) groups excluding carboxylic acids is 2. The molecule has 8 heteroatoms. The molecule has 0 unspecified atom stereocenters. The minimum atomic E-state index is -4.55. The zero-order valence-corrected chi connectivity index (χ0v) is 11.3. The summed E-state index contributed by atoms with van der Waals surface area (Å²) < 4.78 is 42.5. The third kappa shape index (κ3) is 5.72. The van der Waals surface area contributed by atoms with Gasteiger partial charge in [0.15, 0.2) is 0 Å². The Balaban J connectivity index is 2.50. The Hall–Kier alpha value is -2.25. The van der Waals surface area contributed by atoms with Gasteiger partial charge in [0.05, 0.1) is 18.4 Å². The van der Waals surface area contributed by atoms with Gasteiger partial charge in [0.25, 0.3) is 0 Å². The highest BCUT2D eigenvalue weighted by molar-refractivity contribution is 5.90. The Bertz CT molecular complexity index is 504. The molecular weight excluding hydrogens is 289 g/mol. The zero-order valence-electron chi connectivity index (χ0n) is 11.3. The molecule has 0 atom stereocenters. The molecule has 0 heterocycles. The van der Waals surface area contributed by atoms with E-state index < -0.39 is 23.7 Å². The molecule has 0 aliphatic rings. The molecule has 116 valence electrons. The Morgan fingerprint density at radius 3 is 2.52 bits per heavy atom. The first-order chi connectivity index (χ1) is 9.84. The number of para-hydroxylation sites is 1. The van der Waals surface area contributed by atoms with Crippen molar-refractivity contribution < 1.29 is 27.5 Å². The maximum atomic E-state index is 12.7. The number of ether oxygens (including phenoxy) is 1. The number of carbonyl (C=O) groups is 2. The lowest BCUT2D eigenvalue weighted by molar-refractivity contribution is -0.140. The molecule has 0 bridgehead atoms. The smallest absolute Gasteiger partial charge is 0.418 e. The third-order valence-corrected chi connectivity index (χ3v) is 2.55. The average molecular weight is 304 g/mol. The Kier molecular flexibility index (Phi) is 6.01. The molecule has 0 aliphatic heterocycles. The lowest BCUT2D eigenvalue weighted by Crippen LogP contribution is -2.30. The standard InChI is InChI=1S/C13H15F3N2O3/c1-21-11(19)7-4-8-17-12(20)18-10-6-3-2-5-9(10)13(14,15)16/h2-3,5-6H,4,7-8H2,1H3,(H2,17,18,20). The van der Waals surface area contributed by atoms with Crippen molar-refractivity contribution in [3.05, 3.63) is 29.8 Å². The van der Waals surface area contributed by atoms with Gasteiger partial charge in [-0.15, -0.1) is 0 Å². The molecule has 0 aromatic heterocycles. The van der Waals surface area contributed by atoms with Crippen LogP contribution in [0.15, 0.2) is 24.3 Å². The summed E-state index contributed by atoms with van der Waals surface area (Å²) in [7, 11) is 1.25. The van der Waals surface area contributed by atoms with E-state index in [1.807, 2.05) is 0 Å². The van der Waals surface area contributed by atoms with Crippen LogP contribution in [0.4, 0.5) is 23.7 Å². The van der Waals surface area contributed by atoms with Crippen LogP contribution >= 0.6 is 0 Å². The average Bonchev–Trinajstić information content (AvgIpc) is 2.42. The van der Waals surface area contributed by atoms with Crippen molar-refractivity contribution in [1.29, 1.82) is 0 Å². The van der Waals surface area contributed by atoms with Crippen LogP contribution in [-0.2, 0) is 15.7 Å². The van der Waals surface area contributed by atoms with Crippen molar-refractivity contribution in [3.63, 3.8) is 0 Å². The van der Waals surface area contributed by atoms with E-state index in [0.29, 0.717) is 6.42 Å². The minimum Gasteiger partial charge on any atom is -0.469 e. The normalized spacial score (nSPS) is 10.9. The van der Waals surface area contributed by atoms with Crippen molar-refractivity contribution in [3.8, 4) is 0 Å². The fraction of sp³-hybridized carbons (Fsp3) is 0.385. The van der Waals surface area contributed by atoms with Gasteiger partial charge in [-0.1, -0.05) is 12.1 Å². The summed E-state index contributed by atoms with van der Waals surface area (Å²) in [6, 6.07) is 3.91. The molecule has 1 aromatic carbocycles. The van der Waals surface area contributed by atoms with Crippen LogP contribution in [0.25, 0.3) is 0 Å². The molecule has 0 aliphatic carbocycles. The van der Waals surface area contributed by atoms with E-state index in [9.17, 15) is 22.8 Å². The van der Waals surface area contributed by atoms with E-state index in [-0.39, 0.29) is 18.7 Å². The Morgan fingerprint density at radius 2 is 1.90 bits per heavy atom. The van der Waals surface area contributed by atoms with Crippen LogP contribution in [0.5, 0.6) is 0 Å². The zero-order chi connectivity index (χ0) is 15.9. The number of benzene rings is 1. The summed E-state index contributed by atoms with van der Waals surface area (Å²) in [4.78, 5) is 22.3. The van der Waals surface area contributed by atoms with Crippen molar-refractivity contribution in [1.82, 2.24) is 5.32 Å². The number of rotatable bonds is 5. The second kappa shape index (κ2) is 7.51. The monoisotopic (exact) mass is 304 g/mol. The number of amides is 2. The molecule has 0 saturated heterocycles. The number of hydrogen-bond acceptors (Lipinski definition) is 3. The van der Waals surface area contributed by atoms with Gasteiger partial charge in [-0.2, -0.15) is 13.2 Å². The maximum absolute atomic E-state index is 12.7. The molecule has 21 heavy (non-hydrogen) atoms. The second-order valence-corrected chi connectivity index (χ2v) is 4.10. The summed E-state index contributed by atoms with van der Waals surface area (Å²) in [6.45, 7) is 0.148. The van der Waals surface area contributed by atoms with E-state index in [2.05, 4.69) is 15.4 Å². The summed E-state index contributed by atoms with van der Waals surface area (Å²) >= 11 is 0. The van der Waals surface area contributed by atoms with E-state index in [0.717, 1.165) is 12.1 Å². The van der Waals surface area contributed by atoms with E-state index in [1.165, 1.54) is 19.2 Å². The summed E-state index contributed by atoms with van der Waals surface area (Å²) in [6.07, 6.45) is -4.09. The van der Waals surface area contributed by atoms with E-state index in [1.54, 1.807) is 0 Å². The number of esters is 1. The number of halogens is 3. The van der Waals surface area contributed by atoms with Crippen molar-refractivity contribution in [2.75, 3.05) is 19.0 Å². The highest BCUT2D eigenvalue weighted by Gasteiger charge is 2.33. The van der Waals surface area contributed by atoms with Gasteiger partial charge < -0.3 is 15.4 Å². The van der Waals surface area contributed by atoms with Gasteiger partial charge in [-0.05, 0) is 18.6 Å². The summed E-state index contributed by atoms with van der Waals surface area (Å²) in [5, 5.41) is 4.50. The maximum Gasteiger partial charge on any atom is 0.418 e. The Morgan fingerprint density at radius 1 is 1.24 bits per heavy atom. The molecule has 1 aromatic rings. The van der Waals surface area contributed by atoms with Crippen LogP contribution in [0.2, 0.25) is 0 Å². The van der Waals surface area contributed by atoms with Gasteiger partial charge in [-0.3, -0.25) is 4.79 Å². The SMILES string of the molecule is COC(=O)CCCNC(=O)Nc1ccccc1C(F)(F)F. The van der Waals surface area contributed by atoms with Crippen LogP contribution < -0.4 is 10.6 Å². The molecule has 0 fully saturated rings. The second-order valence-electron chi connectivity index (χ2n) is 4.10. The molecule has 0 spiro atoms. The van der Waals surface area contributed by atoms with Gasteiger partial charge in [0, 0.05) is 13.0 Å².